The van der Waals surface area contributed by atoms with Gasteiger partial charge in [-0.1, -0.05) is 54.8 Å². The first-order valence-electron chi connectivity index (χ1n) is 11.8. The number of carbonyl (C=O) groups is 1. The third-order valence-corrected chi connectivity index (χ3v) is 7.37. The van der Waals surface area contributed by atoms with Crippen LogP contribution in [0.15, 0.2) is 47.6 Å². The molecule has 0 saturated heterocycles. The number of nitrogens with two attached hydrogens (primary N) is 1. The lowest BCUT2D eigenvalue weighted by atomic mass is 9.62. The molecule has 2 aromatic carbocycles. The van der Waals surface area contributed by atoms with E-state index < -0.39 is 52.9 Å². The molecule has 0 bridgehead atoms. The Morgan fingerprint density at radius 1 is 1.08 bits per heavy atom. The minimum absolute atomic E-state index is 0.0338. The number of halogens is 6. The Labute approximate surface area is 209 Å². The smallest absolute Gasteiger partial charge is 0.374 e. The molecule has 2 unspecified atom stereocenters. The molecule has 0 radical (unpaired) electrons. The van der Waals surface area contributed by atoms with Crippen molar-refractivity contribution in [2.24, 2.45) is 10.9 Å². The molecule has 1 aliphatic carbocycles. The third-order valence-electron chi connectivity index (χ3n) is 7.37. The fourth-order valence-electron chi connectivity index (χ4n) is 5.50. The summed E-state index contributed by atoms with van der Waals surface area (Å²) in [5, 5.41) is 14.9. The molecule has 1 aliphatic heterocycles. The number of alkyl halides is 6. The van der Waals surface area contributed by atoms with Crippen LogP contribution in [0, 0.1) is 0 Å². The molecule has 2 aromatic rings. The van der Waals surface area contributed by atoms with Gasteiger partial charge in [0.15, 0.2) is 0 Å². The van der Waals surface area contributed by atoms with Gasteiger partial charge in [0.2, 0.25) is 17.6 Å². The number of benzene rings is 2. The van der Waals surface area contributed by atoms with Crippen LogP contribution in [-0.2, 0) is 16.4 Å². The molecule has 4 rings (SSSR count). The molecule has 2 aliphatic rings. The van der Waals surface area contributed by atoms with Crippen molar-refractivity contribution >= 4 is 11.5 Å². The molecule has 11 heteroatoms. The zero-order valence-corrected chi connectivity index (χ0v) is 19.9. The summed E-state index contributed by atoms with van der Waals surface area (Å²) in [4.78, 5) is 18.4. The minimum atomic E-state index is -5.46. The summed E-state index contributed by atoms with van der Waals surface area (Å²) < 4.78 is 85.3. The molecule has 5 nitrogen and oxygen atoms in total. The molecule has 0 amide bonds. The van der Waals surface area contributed by atoms with Crippen molar-refractivity contribution in [1.29, 1.82) is 0 Å². The zero-order chi connectivity index (χ0) is 27.2. The Kier molecular flexibility index (Phi) is 6.91. The van der Waals surface area contributed by atoms with E-state index >= 15 is 0 Å². The van der Waals surface area contributed by atoms with Crippen molar-refractivity contribution in [1.82, 2.24) is 0 Å². The summed E-state index contributed by atoms with van der Waals surface area (Å²) in [5.41, 5.74) is -0.767. The molecule has 1 saturated carbocycles. The first kappa shape index (κ1) is 27.1. The molecule has 2 atom stereocenters. The average Bonchev–Trinajstić information content (AvgIpc) is 2.85. The Balaban J connectivity index is 1.84. The van der Waals surface area contributed by atoms with Crippen molar-refractivity contribution < 1.29 is 41.1 Å². The highest BCUT2D eigenvalue weighted by Crippen LogP contribution is 2.52. The number of hydrogen-bond donors (Lipinski definition) is 2. The summed E-state index contributed by atoms with van der Waals surface area (Å²) >= 11 is 0. The van der Waals surface area contributed by atoms with Crippen LogP contribution in [-0.4, -0.2) is 28.4 Å². The lowest BCUT2D eigenvalue weighted by molar-refractivity contribution is -0.244. The van der Waals surface area contributed by atoms with Crippen LogP contribution >= 0.6 is 0 Å². The number of Topliss-reactive ketones (excluding diaryl/α,β-unsaturated/α-hetero) is 1. The monoisotopic (exact) mass is 528 g/mol. The van der Waals surface area contributed by atoms with E-state index in [1.54, 1.807) is 0 Å². The maximum atomic E-state index is 14.5. The molecule has 0 aromatic heterocycles. The van der Waals surface area contributed by atoms with Crippen LogP contribution in [0.2, 0.25) is 0 Å². The molecule has 0 spiro atoms. The van der Waals surface area contributed by atoms with Gasteiger partial charge in [0, 0.05) is 23.1 Å². The predicted octanol–water partition coefficient (Wildman–Crippen LogP) is 6.19. The fraction of sp³-hybridized carbons (Fsp3) is 0.462. The van der Waals surface area contributed by atoms with Gasteiger partial charge in [-0.2, -0.15) is 26.3 Å². The van der Waals surface area contributed by atoms with Crippen molar-refractivity contribution in [2.75, 3.05) is 0 Å². The SMILES string of the molecule is CC1=NOC(N)c2ccc(C(=O)C(O)(CC3(c4ccccc4C(F)(F)F)CCCCC3)C(F)(F)F)cc21. The number of hydrogen-bond acceptors (Lipinski definition) is 5. The third kappa shape index (κ3) is 4.86. The second-order valence-electron chi connectivity index (χ2n) is 9.75. The summed E-state index contributed by atoms with van der Waals surface area (Å²) in [6.45, 7) is 1.51. The van der Waals surface area contributed by atoms with Gasteiger partial charge in [-0.15, -0.1) is 0 Å². The summed E-state index contributed by atoms with van der Waals surface area (Å²) in [6.07, 6.45) is -11.2. The average molecular weight is 528 g/mol. The van der Waals surface area contributed by atoms with E-state index in [4.69, 9.17) is 10.6 Å². The minimum Gasteiger partial charge on any atom is -0.374 e. The van der Waals surface area contributed by atoms with E-state index in [0.29, 0.717) is 24.8 Å². The molecular weight excluding hydrogens is 502 g/mol. The van der Waals surface area contributed by atoms with E-state index in [1.807, 2.05) is 0 Å². The largest absolute Gasteiger partial charge is 0.424 e. The van der Waals surface area contributed by atoms with Gasteiger partial charge in [-0.3, -0.25) is 10.5 Å². The molecule has 3 N–H and O–H groups in total. The standard InChI is InChI=1S/C26H26F6N2O3/c1-15-18-13-16(9-10-17(18)22(33)37-34-15)21(35)24(36,26(30,31)32)14-23(11-5-2-6-12-23)19-7-3-4-8-20(19)25(27,28)29/h3-4,7-10,13,22,36H,2,5-6,11-12,14,33H2,1H3. The molecule has 37 heavy (non-hydrogen) atoms. The fourth-order valence-corrected chi connectivity index (χ4v) is 5.50. The van der Waals surface area contributed by atoms with E-state index in [0.717, 1.165) is 30.3 Å². The number of carbonyl (C=O) groups excluding carboxylic acids is 1. The highest BCUT2D eigenvalue weighted by atomic mass is 19.4. The topological polar surface area (TPSA) is 84.9 Å². The van der Waals surface area contributed by atoms with Gasteiger partial charge in [0.1, 0.15) is 0 Å². The van der Waals surface area contributed by atoms with Crippen LogP contribution in [0.3, 0.4) is 0 Å². The first-order valence-corrected chi connectivity index (χ1v) is 11.8. The highest BCUT2D eigenvalue weighted by molar-refractivity contribution is 6.07. The van der Waals surface area contributed by atoms with Gasteiger partial charge >= 0.3 is 12.4 Å². The van der Waals surface area contributed by atoms with Crippen LogP contribution < -0.4 is 5.73 Å². The zero-order valence-electron chi connectivity index (χ0n) is 19.9. The summed E-state index contributed by atoms with van der Waals surface area (Å²) in [6, 6.07) is 8.01. The van der Waals surface area contributed by atoms with E-state index in [9.17, 15) is 36.2 Å². The first-order chi connectivity index (χ1) is 17.2. The second kappa shape index (κ2) is 9.43. The van der Waals surface area contributed by atoms with E-state index in [2.05, 4.69) is 5.16 Å². The van der Waals surface area contributed by atoms with Crippen molar-refractivity contribution in [3.63, 3.8) is 0 Å². The quantitative estimate of drug-likeness (QED) is 0.358. The van der Waals surface area contributed by atoms with E-state index in [1.165, 1.54) is 19.1 Å². The Morgan fingerprint density at radius 3 is 2.35 bits per heavy atom. The lowest BCUT2D eigenvalue weighted by Crippen LogP contribution is -2.56. The lowest BCUT2D eigenvalue weighted by Gasteiger charge is -2.44. The van der Waals surface area contributed by atoms with E-state index in [-0.39, 0.29) is 29.7 Å². The van der Waals surface area contributed by atoms with Crippen LogP contribution in [0.5, 0.6) is 0 Å². The second-order valence-corrected chi connectivity index (χ2v) is 9.75. The number of ketones is 1. The van der Waals surface area contributed by atoms with Crippen LogP contribution in [0.25, 0.3) is 0 Å². The van der Waals surface area contributed by atoms with Gasteiger partial charge in [-0.25, -0.2) is 0 Å². The molecule has 200 valence electrons. The maximum Gasteiger partial charge on any atom is 0.424 e. The number of oxime groups is 1. The Bertz CT molecular complexity index is 1220. The van der Waals surface area contributed by atoms with Gasteiger partial charge in [-0.05, 0) is 42.9 Å². The maximum absolute atomic E-state index is 14.5. The summed E-state index contributed by atoms with van der Waals surface area (Å²) in [5.74, 6) is -1.65. The van der Waals surface area contributed by atoms with Crippen molar-refractivity contribution in [3.8, 4) is 0 Å². The van der Waals surface area contributed by atoms with Gasteiger partial charge in [0.05, 0.1) is 11.3 Å². The van der Waals surface area contributed by atoms with Crippen LogP contribution in [0.4, 0.5) is 26.3 Å². The van der Waals surface area contributed by atoms with Crippen molar-refractivity contribution in [2.45, 2.75) is 75.0 Å². The molecule has 1 heterocycles. The number of nitrogens with zero attached hydrogens (tertiary/aromatic N) is 1. The number of rotatable bonds is 5. The normalized spacial score (nSPS) is 21.3. The van der Waals surface area contributed by atoms with Crippen molar-refractivity contribution in [3.05, 3.63) is 70.3 Å². The van der Waals surface area contributed by atoms with Gasteiger partial charge < -0.3 is 9.94 Å². The predicted molar refractivity (Wildman–Crippen MR) is 123 cm³/mol. The number of aliphatic hydroxyl groups is 1. The highest BCUT2D eigenvalue weighted by Gasteiger charge is 2.63. The molecule has 1 fully saturated rings. The Morgan fingerprint density at radius 2 is 1.73 bits per heavy atom. The summed E-state index contributed by atoms with van der Waals surface area (Å²) in [7, 11) is 0. The number of fused-ring (bicyclic) bond motifs is 1. The Hall–Kier alpha value is -2.92. The van der Waals surface area contributed by atoms with Gasteiger partial charge in [0.25, 0.3) is 0 Å². The molecular formula is C26H26F6N2O3. The van der Waals surface area contributed by atoms with Crippen LogP contribution in [0.1, 0.15) is 84.3 Å².